The van der Waals surface area contributed by atoms with E-state index in [1.54, 1.807) is 13.4 Å². The Morgan fingerprint density at radius 1 is 1.26 bits per heavy atom. The molecule has 4 heteroatoms. The van der Waals surface area contributed by atoms with Gasteiger partial charge in [0.15, 0.2) is 0 Å². The van der Waals surface area contributed by atoms with Gasteiger partial charge in [0, 0.05) is 0 Å². The lowest BCUT2D eigenvalue weighted by atomic mass is 10.1. The van der Waals surface area contributed by atoms with Crippen LogP contribution in [0.25, 0.3) is 0 Å². The van der Waals surface area contributed by atoms with Gasteiger partial charge in [0.2, 0.25) is 5.88 Å². The summed E-state index contributed by atoms with van der Waals surface area (Å²) in [6, 6.07) is 7.56. The third-order valence-electron chi connectivity index (χ3n) is 2.83. The zero-order valence-corrected chi connectivity index (χ0v) is 11.3. The average molecular weight is 256 g/mol. The van der Waals surface area contributed by atoms with Gasteiger partial charge in [-0.3, -0.25) is 4.99 Å². The Balaban J connectivity index is 2.36. The van der Waals surface area contributed by atoms with Gasteiger partial charge >= 0.3 is 0 Å². The number of nitrogens with zero attached hydrogens (tertiary/aromatic N) is 2. The SMILES string of the molecule is C=Nc1occ(C)c1C(C)=Nc1ccc(OC)cc1. The van der Waals surface area contributed by atoms with Crippen molar-refractivity contribution < 1.29 is 9.15 Å². The molecule has 1 aromatic heterocycles. The van der Waals surface area contributed by atoms with Gasteiger partial charge in [-0.2, -0.15) is 0 Å². The maximum absolute atomic E-state index is 5.31. The Labute approximate surface area is 112 Å². The van der Waals surface area contributed by atoms with E-state index in [9.17, 15) is 0 Å². The standard InChI is InChI=1S/C15H16N2O2/c1-10-9-19-15(16-3)14(10)11(2)17-12-5-7-13(18-4)8-6-12/h5-9H,3H2,1-2,4H3. The van der Waals surface area contributed by atoms with E-state index in [0.717, 1.165) is 28.3 Å². The van der Waals surface area contributed by atoms with Gasteiger partial charge in [0.1, 0.15) is 5.75 Å². The van der Waals surface area contributed by atoms with Crippen molar-refractivity contribution in [3.05, 3.63) is 41.7 Å². The van der Waals surface area contributed by atoms with Gasteiger partial charge in [-0.25, -0.2) is 4.99 Å². The van der Waals surface area contributed by atoms with E-state index in [1.165, 1.54) is 0 Å². The number of benzene rings is 1. The monoisotopic (exact) mass is 256 g/mol. The van der Waals surface area contributed by atoms with E-state index in [1.807, 2.05) is 38.1 Å². The highest BCUT2D eigenvalue weighted by molar-refractivity contribution is 6.04. The molecule has 0 fully saturated rings. The van der Waals surface area contributed by atoms with E-state index in [4.69, 9.17) is 9.15 Å². The van der Waals surface area contributed by atoms with Crippen molar-refractivity contribution in [2.24, 2.45) is 9.98 Å². The minimum Gasteiger partial charge on any atom is -0.497 e. The molecule has 0 bridgehead atoms. The number of aryl methyl sites for hydroxylation is 1. The number of ether oxygens (including phenoxy) is 1. The highest BCUT2D eigenvalue weighted by atomic mass is 16.5. The Morgan fingerprint density at radius 3 is 2.53 bits per heavy atom. The zero-order valence-electron chi connectivity index (χ0n) is 11.3. The van der Waals surface area contributed by atoms with Crippen molar-refractivity contribution in [1.29, 1.82) is 0 Å². The highest BCUT2D eigenvalue weighted by Crippen LogP contribution is 2.27. The number of methoxy groups -OCH3 is 1. The first-order chi connectivity index (χ1) is 9.15. The van der Waals surface area contributed by atoms with Crippen LogP contribution in [0.4, 0.5) is 11.6 Å². The zero-order chi connectivity index (χ0) is 13.8. The summed E-state index contributed by atoms with van der Waals surface area (Å²) in [5.74, 6) is 1.32. The van der Waals surface area contributed by atoms with Gasteiger partial charge in [-0.05, 0) is 50.4 Å². The first-order valence-corrected chi connectivity index (χ1v) is 5.90. The van der Waals surface area contributed by atoms with Crippen molar-refractivity contribution in [3.8, 4) is 5.75 Å². The van der Waals surface area contributed by atoms with Gasteiger partial charge in [-0.15, -0.1) is 0 Å². The van der Waals surface area contributed by atoms with Gasteiger partial charge in [-0.1, -0.05) is 0 Å². The second kappa shape index (κ2) is 5.52. The smallest absolute Gasteiger partial charge is 0.227 e. The second-order valence-corrected chi connectivity index (χ2v) is 4.15. The minimum atomic E-state index is 0.507. The topological polar surface area (TPSA) is 47.1 Å². The van der Waals surface area contributed by atoms with Crippen molar-refractivity contribution >= 4 is 24.0 Å². The molecule has 4 nitrogen and oxygen atoms in total. The summed E-state index contributed by atoms with van der Waals surface area (Å²) in [6.07, 6.45) is 1.66. The molecule has 2 rings (SSSR count). The fraction of sp³-hybridized carbons (Fsp3) is 0.200. The van der Waals surface area contributed by atoms with Crippen molar-refractivity contribution in [2.75, 3.05) is 7.11 Å². The largest absolute Gasteiger partial charge is 0.497 e. The quantitative estimate of drug-likeness (QED) is 0.774. The van der Waals surface area contributed by atoms with E-state index >= 15 is 0 Å². The molecule has 98 valence electrons. The summed E-state index contributed by atoms with van der Waals surface area (Å²) in [6.45, 7) is 7.39. The first-order valence-electron chi connectivity index (χ1n) is 5.90. The number of rotatable bonds is 4. The molecule has 0 unspecified atom stereocenters. The molecule has 0 saturated heterocycles. The lowest BCUT2D eigenvalue weighted by Crippen LogP contribution is -1.94. The van der Waals surface area contributed by atoms with E-state index in [-0.39, 0.29) is 0 Å². The molecule has 0 aliphatic carbocycles. The van der Waals surface area contributed by atoms with Crippen LogP contribution in [0, 0.1) is 6.92 Å². The molecule has 1 aromatic carbocycles. The Hall–Kier alpha value is -2.36. The van der Waals surface area contributed by atoms with Crippen LogP contribution in [-0.4, -0.2) is 19.5 Å². The molecular formula is C15H16N2O2. The summed E-state index contributed by atoms with van der Waals surface area (Å²) in [4.78, 5) is 8.42. The maximum Gasteiger partial charge on any atom is 0.227 e. The van der Waals surface area contributed by atoms with E-state index in [2.05, 4.69) is 16.7 Å². The molecule has 0 spiro atoms. The van der Waals surface area contributed by atoms with Gasteiger partial charge < -0.3 is 9.15 Å². The second-order valence-electron chi connectivity index (χ2n) is 4.15. The van der Waals surface area contributed by atoms with Crippen LogP contribution in [0.1, 0.15) is 18.1 Å². The lowest BCUT2D eigenvalue weighted by Gasteiger charge is -2.02. The van der Waals surface area contributed by atoms with Crippen LogP contribution >= 0.6 is 0 Å². The summed E-state index contributed by atoms with van der Waals surface area (Å²) in [5, 5.41) is 0. The number of aliphatic imine (C=N–C) groups is 2. The molecule has 0 atom stereocenters. The fourth-order valence-corrected chi connectivity index (χ4v) is 1.89. The summed E-state index contributed by atoms with van der Waals surface area (Å²) < 4.78 is 10.4. The fourth-order valence-electron chi connectivity index (χ4n) is 1.89. The van der Waals surface area contributed by atoms with E-state index in [0.29, 0.717) is 5.88 Å². The molecule has 0 amide bonds. The molecule has 19 heavy (non-hydrogen) atoms. The Bertz CT molecular complexity index is 610. The van der Waals surface area contributed by atoms with Crippen molar-refractivity contribution in [3.63, 3.8) is 0 Å². The predicted molar refractivity (Wildman–Crippen MR) is 77.5 cm³/mol. The number of hydrogen-bond acceptors (Lipinski definition) is 4. The Morgan fingerprint density at radius 2 is 1.95 bits per heavy atom. The lowest BCUT2D eigenvalue weighted by molar-refractivity contribution is 0.415. The van der Waals surface area contributed by atoms with Crippen LogP contribution in [0.15, 0.2) is 44.9 Å². The highest BCUT2D eigenvalue weighted by Gasteiger charge is 2.12. The summed E-state index contributed by atoms with van der Waals surface area (Å²) in [7, 11) is 1.64. The summed E-state index contributed by atoms with van der Waals surface area (Å²) >= 11 is 0. The molecule has 0 saturated carbocycles. The number of hydrogen-bond donors (Lipinski definition) is 0. The molecular weight excluding hydrogens is 240 g/mol. The third kappa shape index (κ3) is 2.73. The number of furan rings is 1. The molecule has 2 aromatic rings. The van der Waals surface area contributed by atoms with Crippen molar-refractivity contribution in [1.82, 2.24) is 0 Å². The molecule has 0 N–H and O–H groups in total. The molecule has 0 aliphatic heterocycles. The maximum atomic E-state index is 5.31. The van der Waals surface area contributed by atoms with Crippen LogP contribution < -0.4 is 4.74 Å². The Kier molecular flexibility index (Phi) is 3.80. The minimum absolute atomic E-state index is 0.507. The van der Waals surface area contributed by atoms with Crippen LogP contribution in [0.3, 0.4) is 0 Å². The van der Waals surface area contributed by atoms with Crippen LogP contribution in [-0.2, 0) is 0 Å². The third-order valence-corrected chi connectivity index (χ3v) is 2.83. The molecule has 0 radical (unpaired) electrons. The molecule has 1 heterocycles. The molecule has 0 aliphatic rings. The summed E-state index contributed by atoms with van der Waals surface area (Å²) in [5.41, 5.74) is 3.59. The van der Waals surface area contributed by atoms with E-state index < -0.39 is 0 Å². The predicted octanol–water partition coefficient (Wildman–Crippen LogP) is 4.07. The van der Waals surface area contributed by atoms with Crippen molar-refractivity contribution in [2.45, 2.75) is 13.8 Å². The van der Waals surface area contributed by atoms with Crippen LogP contribution in [0.5, 0.6) is 5.75 Å². The van der Waals surface area contributed by atoms with Gasteiger partial charge in [0.05, 0.1) is 30.3 Å². The van der Waals surface area contributed by atoms with Crippen LogP contribution in [0.2, 0.25) is 0 Å². The normalized spacial score (nSPS) is 11.4. The average Bonchev–Trinajstić information content (AvgIpc) is 2.80. The van der Waals surface area contributed by atoms with Gasteiger partial charge in [0.25, 0.3) is 0 Å². The first kappa shape index (κ1) is 13.1.